The summed E-state index contributed by atoms with van der Waals surface area (Å²) in [7, 11) is 0. The van der Waals surface area contributed by atoms with Crippen molar-refractivity contribution in [3.63, 3.8) is 0 Å². The highest BCUT2D eigenvalue weighted by Gasteiger charge is 1.98. The number of amides is 1. The van der Waals surface area contributed by atoms with Crippen LogP contribution in [0.2, 0.25) is 5.02 Å². The Morgan fingerprint density at radius 2 is 2.27 bits per heavy atom. The molecule has 0 aliphatic carbocycles. The highest BCUT2D eigenvalue weighted by Crippen LogP contribution is 2.17. The van der Waals surface area contributed by atoms with Gasteiger partial charge in [0.15, 0.2) is 0 Å². The lowest BCUT2D eigenvalue weighted by Crippen LogP contribution is -1.93. The predicted octanol–water partition coefficient (Wildman–Crippen LogP) is 2.05. The molecule has 0 spiro atoms. The Bertz CT molecular complexity index is 277. The van der Waals surface area contributed by atoms with Gasteiger partial charge in [-0.05, 0) is 18.2 Å². The molecule has 1 N–H and O–H groups in total. The van der Waals surface area contributed by atoms with Gasteiger partial charge in [-0.2, -0.15) is 0 Å². The van der Waals surface area contributed by atoms with Crippen molar-refractivity contribution in [2.24, 2.45) is 0 Å². The van der Waals surface area contributed by atoms with Gasteiger partial charge in [0.1, 0.15) is 5.82 Å². The molecule has 0 saturated carbocycles. The van der Waals surface area contributed by atoms with E-state index in [0.717, 1.165) is 6.07 Å². The number of hydrogen-bond acceptors (Lipinski definition) is 1. The molecule has 1 aromatic rings. The summed E-state index contributed by atoms with van der Waals surface area (Å²) in [6, 6.07) is 4.04. The fourth-order valence-electron chi connectivity index (χ4n) is 0.654. The van der Waals surface area contributed by atoms with E-state index in [2.05, 4.69) is 5.32 Å². The van der Waals surface area contributed by atoms with Crippen molar-refractivity contribution in [1.82, 2.24) is 0 Å². The van der Waals surface area contributed by atoms with Gasteiger partial charge in [-0.25, -0.2) is 4.39 Å². The fourth-order valence-corrected chi connectivity index (χ4v) is 0.772. The summed E-state index contributed by atoms with van der Waals surface area (Å²) >= 11 is 5.39. The molecule has 0 aliphatic rings. The molecule has 0 bridgehead atoms. The normalized spacial score (nSPS) is 9.27. The monoisotopic (exact) mass is 173 g/mol. The second-order valence-electron chi connectivity index (χ2n) is 1.89. The zero-order chi connectivity index (χ0) is 8.27. The van der Waals surface area contributed by atoms with Gasteiger partial charge in [0.05, 0.1) is 5.02 Å². The molecule has 1 rings (SSSR count). The summed E-state index contributed by atoms with van der Waals surface area (Å²) < 4.78 is 12.6. The molecule has 0 aliphatic heterocycles. The molecular formula is C7H5ClFNO. The van der Waals surface area contributed by atoms with Crippen LogP contribution in [0.1, 0.15) is 0 Å². The maximum Gasteiger partial charge on any atom is 0.211 e. The van der Waals surface area contributed by atoms with Crippen LogP contribution in [0.4, 0.5) is 10.1 Å². The number of carbonyl (C=O) groups is 1. The molecular weight excluding hydrogens is 169 g/mol. The minimum absolute atomic E-state index is 0.0430. The summed E-state index contributed by atoms with van der Waals surface area (Å²) in [6.45, 7) is 0. The number of hydrogen-bond donors (Lipinski definition) is 1. The third-order valence-electron chi connectivity index (χ3n) is 1.15. The molecule has 1 amide bonds. The second kappa shape index (κ2) is 3.34. The lowest BCUT2D eigenvalue weighted by Gasteiger charge is -1.98. The topological polar surface area (TPSA) is 29.1 Å². The van der Waals surface area contributed by atoms with E-state index in [-0.39, 0.29) is 5.02 Å². The molecule has 1 aromatic carbocycles. The number of rotatable bonds is 2. The Kier molecular flexibility index (Phi) is 2.44. The largest absolute Gasteiger partial charge is 0.329 e. The van der Waals surface area contributed by atoms with E-state index >= 15 is 0 Å². The van der Waals surface area contributed by atoms with E-state index in [1.54, 1.807) is 0 Å². The zero-order valence-corrected chi connectivity index (χ0v) is 6.23. The molecule has 4 heteroatoms. The van der Waals surface area contributed by atoms with Gasteiger partial charge < -0.3 is 5.32 Å². The summed E-state index contributed by atoms with van der Waals surface area (Å²) in [4.78, 5) is 9.90. The third-order valence-corrected chi connectivity index (χ3v) is 1.45. The Hall–Kier alpha value is -1.09. The van der Waals surface area contributed by atoms with Crippen LogP contribution in [0, 0.1) is 5.82 Å². The Morgan fingerprint density at radius 3 is 2.82 bits per heavy atom. The quantitative estimate of drug-likeness (QED) is 0.682. The first kappa shape index (κ1) is 8.01. The smallest absolute Gasteiger partial charge is 0.211 e. The van der Waals surface area contributed by atoms with Crippen molar-refractivity contribution in [3.8, 4) is 0 Å². The van der Waals surface area contributed by atoms with Crippen molar-refractivity contribution in [2.45, 2.75) is 0 Å². The molecule has 0 aromatic heterocycles. The molecule has 0 unspecified atom stereocenters. The summed E-state index contributed by atoms with van der Waals surface area (Å²) in [5.74, 6) is -0.543. The van der Waals surface area contributed by atoms with Crippen molar-refractivity contribution in [2.75, 3.05) is 5.32 Å². The van der Waals surface area contributed by atoms with Crippen LogP contribution < -0.4 is 5.32 Å². The average molecular weight is 174 g/mol. The van der Waals surface area contributed by atoms with Crippen LogP contribution in [0.5, 0.6) is 0 Å². The predicted molar refractivity (Wildman–Crippen MR) is 41.1 cm³/mol. The van der Waals surface area contributed by atoms with Gasteiger partial charge >= 0.3 is 0 Å². The first-order chi connectivity index (χ1) is 5.24. The molecule has 0 fully saturated rings. The Labute approximate surface area is 68.0 Å². The van der Waals surface area contributed by atoms with Gasteiger partial charge in [0.25, 0.3) is 0 Å². The van der Waals surface area contributed by atoms with Gasteiger partial charge in [0.2, 0.25) is 6.41 Å². The van der Waals surface area contributed by atoms with E-state index in [0.29, 0.717) is 12.1 Å². The zero-order valence-electron chi connectivity index (χ0n) is 5.47. The molecule has 0 atom stereocenters. The summed E-state index contributed by atoms with van der Waals surface area (Å²) in [5, 5.41) is 2.34. The van der Waals surface area contributed by atoms with Gasteiger partial charge in [-0.15, -0.1) is 0 Å². The molecule has 0 radical (unpaired) electrons. The highest BCUT2D eigenvalue weighted by atomic mass is 35.5. The number of anilines is 1. The number of carbonyl (C=O) groups excluding carboxylic acids is 1. The summed E-state index contributed by atoms with van der Waals surface area (Å²) in [6.07, 6.45) is 0.475. The number of halogens is 2. The van der Waals surface area contributed by atoms with Crippen LogP contribution in [-0.4, -0.2) is 6.41 Å². The van der Waals surface area contributed by atoms with E-state index in [1.165, 1.54) is 12.1 Å². The van der Waals surface area contributed by atoms with Crippen LogP contribution in [0.15, 0.2) is 18.2 Å². The highest BCUT2D eigenvalue weighted by molar-refractivity contribution is 6.30. The van der Waals surface area contributed by atoms with Crippen LogP contribution in [-0.2, 0) is 4.79 Å². The van der Waals surface area contributed by atoms with E-state index in [1.807, 2.05) is 0 Å². The van der Waals surface area contributed by atoms with Crippen LogP contribution >= 0.6 is 11.6 Å². The molecule has 0 saturated heterocycles. The maximum atomic E-state index is 12.6. The van der Waals surface area contributed by atoms with E-state index in [9.17, 15) is 9.18 Å². The Balaban J connectivity index is 2.95. The molecule has 58 valence electrons. The Morgan fingerprint density at radius 1 is 1.55 bits per heavy atom. The summed E-state index contributed by atoms with van der Waals surface area (Å²) in [5.41, 5.74) is 0.391. The van der Waals surface area contributed by atoms with Gasteiger partial charge in [-0.1, -0.05) is 11.6 Å². The lowest BCUT2D eigenvalue weighted by molar-refractivity contribution is -0.105. The minimum Gasteiger partial charge on any atom is -0.329 e. The van der Waals surface area contributed by atoms with Crippen molar-refractivity contribution < 1.29 is 9.18 Å². The first-order valence-electron chi connectivity index (χ1n) is 2.89. The first-order valence-corrected chi connectivity index (χ1v) is 3.27. The SMILES string of the molecule is O=CNc1ccc(Cl)c(F)c1. The van der Waals surface area contributed by atoms with Crippen LogP contribution in [0.25, 0.3) is 0 Å². The maximum absolute atomic E-state index is 12.6. The second-order valence-corrected chi connectivity index (χ2v) is 2.30. The molecule has 11 heavy (non-hydrogen) atoms. The van der Waals surface area contributed by atoms with Gasteiger partial charge in [0, 0.05) is 5.69 Å². The minimum atomic E-state index is -0.543. The van der Waals surface area contributed by atoms with Crippen molar-refractivity contribution in [1.29, 1.82) is 0 Å². The third kappa shape index (κ3) is 1.91. The standard InChI is InChI=1S/C7H5ClFNO/c8-6-2-1-5(10-4-11)3-7(6)9/h1-4H,(H,10,11). The van der Waals surface area contributed by atoms with Gasteiger partial charge in [-0.3, -0.25) is 4.79 Å². The number of nitrogens with one attached hydrogen (secondary N) is 1. The van der Waals surface area contributed by atoms with Crippen molar-refractivity contribution >= 4 is 23.7 Å². The van der Waals surface area contributed by atoms with E-state index in [4.69, 9.17) is 11.6 Å². The molecule has 0 heterocycles. The fraction of sp³-hybridized carbons (Fsp3) is 0. The number of benzene rings is 1. The van der Waals surface area contributed by atoms with E-state index < -0.39 is 5.82 Å². The average Bonchev–Trinajstić information content (AvgIpc) is 1.98. The van der Waals surface area contributed by atoms with Crippen LogP contribution in [0.3, 0.4) is 0 Å². The molecule has 2 nitrogen and oxygen atoms in total. The van der Waals surface area contributed by atoms with Crippen molar-refractivity contribution in [3.05, 3.63) is 29.0 Å². The lowest BCUT2D eigenvalue weighted by atomic mass is 10.3.